The van der Waals surface area contributed by atoms with Gasteiger partial charge in [-0.25, -0.2) is 0 Å². The van der Waals surface area contributed by atoms with Crippen LogP contribution in [0.1, 0.15) is 0 Å². The van der Waals surface area contributed by atoms with Gasteiger partial charge in [-0.1, -0.05) is 0 Å². The molecule has 0 rings (SSSR count). The first kappa shape index (κ1) is 8.96. The lowest BCUT2D eigenvalue weighted by Gasteiger charge is -1.98. The molecular weight excluding hydrogens is 137 g/mol. The van der Waals surface area contributed by atoms with Crippen LogP contribution in [-0.4, -0.2) is 38.2 Å². The topological polar surface area (TPSA) is 75.6 Å². The monoisotopic (exact) mass is 145 g/mol. The van der Waals surface area contributed by atoms with Crippen molar-refractivity contribution in [3.8, 4) is 0 Å². The van der Waals surface area contributed by atoms with Crippen LogP contribution in [0, 0.1) is 0 Å². The van der Waals surface area contributed by atoms with Gasteiger partial charge >= 0.3 is 20.0 Å². The Labute approximate surface area is 58.8 Å². The van der Waals surface area contributed by atoms with E-state index in [1.54, 1.807) is 0 Å². The van der Waals surface area contributed by atoms with Gasteiger partial charge in [-0.15, -0.1) is 0 Å². The number of hydrogen-bond donors (Lipinski definition) is 2. The van der Waals surface area contributed by atoms with E-state index in [4.69, 9.17) is 5.11 Å². The fraction of sp³-hybridized carbons (Fsp3) is 0.500. The number of rotatable bonds is 4. The molecular formula is C4H8BNO4. The van der Waals surface area contributed by atoms with Crippen LogP contribution < -0.4 is 5.32 Å². The highest BCUT2D eigenvalue weighted by atomic mass is 16.5. The Morgan fingerprint density at radius 2 is 2.10 bits per heavy atom. The highest BCUT2D eigenvalue weighted by Gasteiger charge is 1.99. The molecule has 0 aliphatic rings. The van der Waals surface area contributed by atoms with E-state index < -0.39 is 11.9 Å². The molecule has 0 saturated carbocycles. The Morgan fingerprint density at radius 1 is 1.50 bits per heavy atom. The zero-order valence-electron chi connectivity index (χ0n) is 5.59. The Kier molecular flexibility index (Phi) is 4.31. The minimum Gasteiger partial charge on any atom is -0.542 e. The van der Waals surface area contributed by atoms with E-state index in [-0.39, 0.29) is 13.1 Å². The standard InChI is InChI=1S/C4H8BNO4/c5-10-4(9)2-6-1-3(7)8/h6H,1-2,5H2,(H,7,8). The summed E-state index contributed by atoms with van der Waals surface area (Å²) in [7, 11) is 1.24. The maximum absolute atomic E-state index is 10.3. The van der Waals surface area contributed by atoms with Crippen molar-refractivity contribution >= 4 is 20.0 Å². The predicted molar refractivity (Wildman–Crippen MR) is 35.1 cm³/mol. The summed E-state index contributed by atoms with van der Waals surface area (Å²) in [5.74, 6) is -1.47. The van der Waals surface area contributed by atoms with Gasteiger partial charge in [0.15, 0.2) is 0 Å². The average molecular weight is 145 g/mol. The molecule has 0 saturated heterocycles. The van der Waals surface area contributed by atoms with E-state index in [0.717, 1.165) is 0 Å². The van der Waals surface area contributed by atoms with Crippen molar-refractivity contribution in [3.63, 3.8) is 0 Å². The van der Waals surface area contributed by atoms with Crippen molar-refractivity contribution in [1.29, 1.82) is 0 Å². The third kappa shape index (κ3) is 5.11. The lowest BCUT2D eigenvalue weighted by atomic mass is 10.5. The fourth-order valence-corrected chi connectivity index (χ4v) is 0.344. The van der Waals surface area contributed by atoms with E-state index in [1.807, 2.05) is 0 Å². The van der Waals surface area contributed by atoms with Crippen LogP contribution in [0.25, 0.3) is 0 Å². The molecule has 0 unspecified atom stereocenters. The van der Waals surface area contributed by atoms with Crippen LogP contribution in [-0.2, 0) is 14.2 Å². The minimum absolute atomic E-state index is 0.0667. The minimum atomic E-state index is -0.996. The quantitative estimate of drug-likeness (QED) is 0.437. The third-order valence-electron chi connectivity index (χ3n) is 0.773. The summed E-state index contributed by atoms with van der Waals surface area (Å²) in [6, 6.07) is 0. The number of carbonyl (C=O) groups is 2. The molecule has 0 spiro atoms. The second-order valence-corrected chi connectivity index (χ2v) is 1.57. The highest BCUT2D eigenvalue weighted by Crippen LogP contribution is 1.67. The smallest absolute Gasteiger partial charge is 0.326 e. The molecule has 0 aliphatic carbocycles. The van der Waals surface area contributed by atoms with Gasteiger partial charge in [-0.3, -0.25) is 14.9 Å². The second-order valence-electron chi connectivity index (χ2n) is 1.57. The molecule has 2 N–H and O–H groups in total. The van der Waals surface area contributed by atoms with Crippen LogP contribution in [0.2, 0.25) is 0 Å². The van der Waals surface area contributed by atoms with Crippen LogP contribution in [0.5, 0.6) is 0 Å². The van der Waals surface area contributed by atoms with Crippen LogP contribution in [0.4, 0.5) is 0 Å². The fourth-order valence-electron chi connectivity index (χ4n) is 0.344. The molecule has 0 atom stereocenters. The SMILES string of the molecule is BOC(=O)CNCC(=O)O. The molecule has 56 valence electrons. The van der Waals surface area contributed by atoms with Crippen molar-refractivity contribution in [1.82, 2.24) is 5.32 Å². The third-order valence-corrected chi connectivity index (χ3v) is 0.773. The van der Waals surface area contributed by atoms with E-state index >= 15 is 0 Å². The molecule has 0 heterocycles. The van der Waals surface area contributed by atoms with Gasteiger partial charge in [0.1, 0.15) is 0 Å². The van der Waals surface area contributed by atoms with E-state index in [1.165, 1.54) is 8.05 Å². The Bertz CT molecular complexity index is 137. The molecule has 0 aromatic heterocycles. The van der Waals surface area contributed by atoms with Gasteiger partial charge in [-0.2, -0.15) is 0 Å². The molecule has 0 radical (unpaired) electrons. The molecule has 0 bridgehead atoms. The Morgan fingerprint density at radius 3 is 2.50 bits per heavy atom. The molecule has 5 nitrogen and oxygen atoms in total. The maximum Gasteiger partial charge on any atom is 0.326 e. The van der Waals surface area contributed by atoms with Crippen LogP contribution >= 0.6 is 0 Å². The molecule has 0 aromatic rings. The number of carbonyl (C=O) groups excluding carboxylic acids is 1. The summed E-state index contributed by atoms with van der Waals surface area (Å²) in [6.45, 7) is -0.294. The normalized spacial score (nSPS) is 8.80. The van der Waals surface area contributed by atoms with Crippen LogP contribution in [0.15, 0.2) is 0 Å². The van der Waals surface area contributed by atoms with Crippen molar-refractivity contribution in [2.75, 3.05) is 13.1 Å². The van der Waals surface area contributed by atoms with Crippen molar-refractivity contribution in [3.05, 3.63) is 0 Å². The number of carboxylic acid groups (broad SMARTS) is 1. The van der Waals surface area contributed by atoms with Crippen LogP contribution in [0.3, 0.4) is 0 Å². The lowest BCUT2D eigenvalue weighted by molar-refractivity contribution is -0.136. The molecule has 10 heavy (non-hydrogen) atoms. The molecule has 0 aromatic carbocycles. The van der Waals surface area contributed by atoms with Gasteiger partial charge in [0.2, 0.25) is 0 Å². The molecule has 0 fully saturated rings. The number of hydrogen-bond acceptors (Lipinski definition) is 4. The summed E-state index contributed by atoms with van der Waals surface area (Å²) in [5.41, 5.74) is 0. The maximum atomic E-state index is 10.3. The van der Waals surface area contributed by atoms with E-state index in [9.17, 15) is 9.59 Å². The summed E-state index contributed by atoms with van der Waals surface area (Å²) < 4.78 is 4.24. The zero-order chi connectivity index (χ0) is 7.98. The van der Waals surface area contributed by atoms with E-state index in [0.29, 0.717) is 0 Å². The summed E-state index contributed by atoms with van der Waals surface area (Å²) in [4.78, 5) is 20.2. The summed E-state index contributed by atoms with van der Waals surface area (Å²) in [6.07, 6.45) is 0. The zero-order valence-corrected chi connectivity index (χ0v) is 5.59. The Balaban J connectivity index is 3.20. The van der Waals surface area contributed by atoms with Gasteiger partial charge in [0, 0.05) is 0 Å². The Hall–Kier alpha value is -1.04. The van der Waals surface area contributed by atoms with E-state index in [2.05, 4.69) is 9.97 Å². The average Bonchev–Trinajstić information content (AvgIpc) is 1.87. The highest BCUT2D eigenvalue weighted by molar-refractivity contribution is 6.05. The first-order chi connectivity index (χ1) is 4.66. The van der Waals surface area contributed by atoms with Crippen molar-refractivity contribution < 1.29 is 19.3 Å². The number of carboxylic acids is 1. The molecule has 0 amide bonds. The van der Waals surface area contributed by atoms with Gasteiger partial charge in [0.05, 0.1) is 13.1 Å². The first-order valence-corrected chi connectivity index (χ1v) is 2.66. The van der Waals surface area contributed by atoms with Gasteiger partial charge in [-0.05, 0) is 0 Å². The number of nitrogens with one attached hydrogen (secondary N) is 1. The number of aliphatic carboxylic acids is 1. The van der Waals surface area contributed by atoms with Gasteiger partial charge in [0.25, 0.3) is 0 Å². The lowest BCUT2D eigenvalue weighted by Crippen LogP contribution is -2.29. The molecule has 6 heteroatoms. The first-order valence-electron chi connectivity index (χ1n) is 2.66. The summed E-state index contributed by atoms with van der Waals surface area (Å²) >= 11 is 0. The van der Waals surface area contributed by atoms with Gasteiger partial charge < -0.3 is 9.76 Å². The molecule has 0 aliphatic heterocycles. The largest absolute Gasteiger partial charge is 0.542 e. The van der Waals surface area contributed by atoms with Crippen molar-refractivity contribution in [2.24, 2.45) is 0 Å². The predicted octanol–water partition coefficient (Wildman–Crippen LogP) is -2.25. The second kappa shape index (κ2) is 4.81. The van der Waals surface area contributed by atoms with Crippen molar-refractivity contribution in [2.45, 2.75) is 0 Å². The summed E-state index contributed by atoms with van der Waals surface area (Å²) in [5, 5.41) is 10.4.